The van der Waals surface area contributed by atoms with Gasteiger partial charge >= 0.3 is 5.97 Å². The summed E-state index contributed by atoms with van der Waals surface area (Å²) in [6.07, 6.45) is -0.0720. The number of carboxylic acid groups (broad SMARTS) is 1. The first-order valence-corrected chi connectivity index (χ1v) is 7.32. The molecule has 1 aliphatic heterocycles. The fourth-order valence-electron chi connectivity index (χ4n) is 2.46. The maximum absolute atomic E-state index is 12.1. The van der Waals surface area contributed by atoms with Gasteiger partial charge in [-0.1, -0.05) is 18.2 Å². The molecule has 1 atom stereocenters. The number of para-hydroxylation sites is 2. The Kier molecular flexibility index (Phi) is 4.15. The highest BCUT2D eigenvalue weighted by Gasteiger charge is 2.27. The van der Waals surface area contributed by atoms with Crippen molar-refractivity contribution >= 4 is 34.8 Å². The second-order valence-electron chi connectivity index (χ2n) is 5.37. The molecule has 1 aliphatic rings. The van der Waals surface area contributed by atoms with E-state index < -0.39 is 12.0 Å². The van der Waals surface area contributed by atoms with Gasteiger partial charge in [0.1, 0.15) is 6.04 Å². The lowest BCUT2D eigenvalue weighted by Gasteiger charge is -2.26. The third kappa shape index (κ3) is 3.35. The third-order valence-electron chi connectivity index (χ3n) is 3.61. The molecule has 2 aromatic rings. The van der Waals surface area contributed by atoms with Crippen molar-refractivity contribution in [3.63, 3.8) is 0 Å². The predicted octanol–water partition coefficient (Wildman–Crippen LogP) is 2.15. The lowest BCUT2D eigenvalue weighted by molar-refractivity contribution is -0.122. The molecule has 0 fully saturated rings. The Morgan fingerprint density at radius 1 is 1.08 bits per heavy atom. The van der Waals surface area contributed by atoms with E-state index in [0.717, 1.165) is 5.69 Å². The van der Waals surface area contributed by atoms with Crippen LogP contribution >= 0.6 is 0 Å². The predicted molar refractivity (Wildman–Crippen MR) is 89.1 cm³/mol. The largest absolute Gasteiger partial charge is 0.478 e. The molecule has 0 spiro atoms. The number of nitrogens with one attached hydrogen (secondary N) is 3. The molecule has 1 unspecified atom stereocenters. The summed E-state index contributed by atoms with van der Waals surface area (Å²) in [6, 6.07) is 12.5. The number of benzene rings is 2. The summed E-state index contributed by atoms with van der Waals surface area (Å²) in [5.74, 6) is -1.75. The van der Waals surface area contributed by atoms with Crippen molar-refractivity contribution < 1.29 is 19.5 Å². The first-order valence-electron chi connectivity index (χ1n) is 7.32. The molecule has 3 rings (SSSR count). The van der Waals surface area contributed by atoms with Crippen LogP contribution in [-0.4, -0.2) is 28.9 Å². The Morgan fingerprint density at radius 3 is 2.58 bits per heavy atom. The number of rotatable bonds is 4. The van der Waals surface area contributed by atoms with Crippen molar-refractivity contribution in [1.29, 1.82) is 0 Å². The van der Waals surface area contributed by atoms with Crippen LogP contribution in [0, 0.1) is 0 Å². The summed E-state index contributed by atoms with van der Waals surface area (Å²) in [6.45, 7) is 0. The number of fused-ring (bicyclic) bond motifs is 1. The molecule has 2 amide bonds. The van der Waals surface area contributed by atoms with Gasteiger partial charge in [-0.15, -0.1) is 0 Å². The van der Waals surface area contributed by atoms with Gasteiger partial charge in [-0.2, -0.15) is 0 Å². The van der Waals surface area contributed by atoms with Gasteiger partial charge in [-0.25, -0.2) is 4.79 Å². The topological polar surface area (TPSA) is 108 Å². The van der Waals surface area contributed by atoms with E-state index in [1.54, 1.807) is 18.2 Å². The number of carboxylic acids is 1. The van der Waals surface area contributed by atoms with E-state index in [-0.39, 0.29) is 23.8 Å². The quantitative estimate of drug-likeness (QED) is 0.689. The zero-order valence-corrected chi connectivity index (χ0v) is 12.6. The summed E-state index contributed by atoms with van der Waals surface area (Å²) in [5, 5.41) is 17.3. The van der Waals surface area contributed by atoms with E-state index >= 15 is 0 Å². The highest BCUT2D eigenvalue weighted by molar-refractivity contribution is 6.06. The first-order chi connectivity index (χ1) is 11.5. The molecular formula is C17H15N3O4. The fraction of sp³-hybridized carbons (Fsp3) is 0.118. The zero-order valence-electron chi connectivity index (χ0n) is 12.6. The highest BCUT2D eigenvalue weighted by Crippen LogP contribution is 2.26. The molecule has 0 aliphatic carbocycles. The number of hydrogen-bond donors (Lipinski definition) is 4. The summed E-state index contributed by atoms with van der Waals surface area (Å²) >= 11 is 0. The molecule has 1 heterocycles. The van der Waals surface area contributed by atoms with Crippen molar-refractivity contribution in [3.05, 3.63) is 54.1 Å². The number of anilines is 3. The van der Waals surface area contributed by atoms with E-state index in [4.69, 9.17) is 5.11 Å². The molecule has 0 radical (unpaired) electrons. The number of aromatic carboxylic acids is 1. The van der Waals surface area contributed by atoms with Gasteiger partial charge in [0.25, 0.3) is 0 Å². The van der Waals surface area contributed by atoms with E-state index in [0.29, 0.717) is 11.4 Å². The van der Waals surface area contributed by atoms with Crippen LogP contribution in [0.25, 0.3) is 0 Å². The standard InChI is InChI=1S/C17H15N3O4/c21-15(18-11-5-3-4-10(8-11)17(23)24)9-14-16(22)20-13-7-2-1-6-12(13)19-14/h1-8,14,19H,9H2,(H,18,21)(H,20,22)(H,23,24). The van der Waals surface area contributed by atoms with E-state index in [1.807, 2.05) is 18.2 Å². The van der Waals surface area contributed by atoms with Crippen LogP contribution in [0.1, 0.15) is 16.8 Å². The fourth-order valence-corrected chi connectivity index (χ4v) is 2.46. The van der Waals surface area contributed by atoms with E-state index in [2.05, 4.69) is 16.0 Å². The molecule has 24 heavy (non-hydrogen) atoms. The average Bonchev–Trinajstić information content (AvgIpc) is 2.55. The second kappa shape index (κ2) is 6.41. The van der Waals surface area contributed by atoms with Crippen LogP contribution in [0.5, 0.6) is 0 Å². The SMILES string of the molecule is O=C(CC1Nc2ccccc2NC1=O)Nc1cccc(C(=O)O)c1. The minimum Gasteiger partial charge on any atom is -0.478 e. The molecule has 0 bridgehead atoms. The van der Waals surface area contributed by atoms with Gasteiger partial charge in [0.15, 0.2) is 0 Å². The van der Waals surface area contributed by atoms with Crippen LogP contribution in [-0.2, 0) is 9.59 Å². The van der Waals surface area contributed by atoms with E-state index in [9.17, 15) is 14.4 Å². The number of hydrogen-bond acceptors (Lipinski definition) is 4. The number of carbonyl (C=O) groups is 3. The molecular weight excluding hydrogens is 310 g/mol. The molecule has 0 saturated carbocycles. The van der Waals surface area contributed by atoms with Gasteiger partial charge in [-0.3, -0.25) is 9.59 Å². The number of amides is 2. The molecule has 122 valence electrons. The average molecular weight is 325 g/mol. The van der Waals surface area contributed by atoms with Crippen molar-refractivity contribution in [2.24, 2.45) is 0 Å². The monoisotopic (exact) mass is 325 g/mol. The normalized spacial score (nSPS) is 15.7. The van der Waals surface area contributed by atoms with Crippen molar-refractivity contribution in [2.75, 3.05) is 16.0 Å². The van der Waals surface area contributed by atoms with Crippen molar-refractivity contribution in [3.8, 4) is 0 Å². The van der Waals surface area contributed by atoms with Gasteiger partial charge in [-0.05, 0) is 30.3 Å². The maximum Gasteiger partial charge on any atom is 0.335 e. The molecule has 7 nitrogen and oxygen atoms in total. The van der Waals surface area contributed by atoms with Gasteiger partial charge in [0, 0.05) is 5.69 Å². The third-order valence-corrected chi connectivity index (χ3v) is 3.61. The van der Waals surface area contributed by atoms with Gasteiger partial charge < -0.3 is 21.1 Å². The summed E-state index contributed by atoms with van der Waals surface area (Å²) < 4.78 is 0. The van der Waals surface area contributed by atoms with Crippen LogP contribution in [0.15, 0.2) is 48.5 Å². The van der Waals surface area contributed by atoms with Crippen LogP contribution in [0.2, 0.25) is 0 Å². The lowest BCUT2D eigenvalue weighted by atomic mass is 10.1. The van der Waals surface area contributed by atoms with E-state index in [1.165, 1.54) is 12.1 Å². The second-order valence-corrected chi connectivity index (χ2v) is 5.37. The van der Waals surface area contributed by atoms with Gasteiger partial charge in [0.2, 0.25) is 11.8 Å². The Labute approximate surface area is 137 Å². The minimum absolute atomic E-state index is 0.0720. The molecule has 7 heteroatoms. The lowest BCUT2D eigenvalue weighted by Crippen LogP contribution is -2.41. The molecule has 2 aromatic carbocycles. The first kappa shape index (κ1) is 15.5. The molecule has 0 aromatic heterocycles. The smallest absolute Gasteiger partial charge is 0.335 e. The van der Waals surface area contributed by atoms with Crippen LogP contribution in [0.4, 0.5) is 17.1 Å². The summed E-state index contributed by atoms with van der Waals surface area (Å²) in [7, 11) is 0. The van der Waals surface area contributed by atoms with Crippen LogP contribution < -0.4 is 16.0 Å². The Bertz CT molecular complexity index is 819. The van der Waals surface area contributed by atoms with Crippen molar-refractivity contribution in [1.82, 2.24) is 0 Å². The summed E-state index contributed by atoms with van der Waals surface area (Å²) in [5.41, 5.74) is 1.88. The minimum atomic E-state index is -1.07. The Morgan fingerprint density at radius 2 is 1.83 bits per heavy atom. The molecule has 4 N–H and O–H groups in total. The van der Waals surface area contributed by atoms with Crippen molar-refractivity contribution in [2.45, 2.75) is 12.5 Å². The summed E-state index contributed by atoms with van der Waals surface area (Å²) in [4.78, 5) is 35.1. The zero-order chi connectivity index (χ0) is 17.1. The van der Waals surface area contributed by atoms with Crippen LogP contribution in [0.3, 0.4) is 0 Å². The Hall–Kier alpha value is -3.35. The Balaban J connectivity index is 1.66. The molecule has 0 saturated heterocycles. The maximum atomic E-state index is 12.1. The van der Waals surface area contributed by atoms with Gasteiger partial charge in [0.05, 0.1) is 23.4 Å². The number of carbonyl (C=O) groups excluding carboxylic acids is 2. The highest BCUT2D eigenvalue weighted by atomic mass is 16.4.